The topological polar surface area (TPSA) is 15.3 Å². The van der Waals surface area contributed by atoms with Gasteiger partial charge in [0.1, 0.15) is 0 Å². The van der Waals surface area contributed by atoms with Crippen molar-refractivity contribution in [3.8, 4) is 0 Å². The van der Waals surface area contributed by atoms with Crippen LogP contribution >= 0.6 is 0 Å². The van der Waals surface area contributed by atoms with E-state index in [1.54, 1.807) is 0 Å². The van der Waals surface area contributed by atoms with E-state index in [0.29, 0.717) is 12.1 Å². The summed E-state index contributed by atoms with van der Waals surface area (Å²) in [5.41, 5.74) is 4.33. The molecule has 16 heavy (non-hydrogen) atoms. The third kappa shape index (κ3) is 1.94. The molecule has 1 unspecified atom stereocenters. The molecule has 0 saturated heterocycles. The first-order valence-electron chi connectivity index (χ1n) is 6.18. The predicted octanol–water partition coefficient (Wildman–Crippen LogP) is 2.57. The van der Waals surface area contributed by atoms with Gasteiger partial charge < -0.3 is 10.2 Å². The molecule has 0 spiro atoms. The second kappa shape index (κ2) is 4.46. The van der Waals surface area contributed by atoms with Crippen LogP contribution in [0.2, 0.25) is 0 Å². The molecular formula is C14H22N2. The van der Waals surface area contributed by atoms with Gasteiger partial charge in [0.15, 0.2) is 0 Å². The Hall–Kier alpha value is -1.02. The second-order valence-electron chi connectivity index (χ2n) is 5.05. The molecule has 2 rings (SSSR count). The van der Waals surface area contributed by atoms with E-state index in [4.69, 9.17) is 0 Å². The van der Waals surface area contributed by atoms with Gasteiger partial charge in [-0.2, -0.15) is 0 Å². The smallest absolute Gasteiger partial charge is 0.0404 e. The Bertz CT molecular complexity index is 371. The minimum atomic E-state index is 0.589. The highest BCUT2D eigenvalue weighted by atomic mass is 15.2. The van der Waals surface area contributed by atoms with Crippen molar-refractivity contribution in [2.75, 3.05) is 11.9 Å². The van der Waals surface area contributed by atoms with Crippen molar-refractivity contribution in [1.29, 1.82) is 0 Å². The van der Waals surface area contributed by atoms with Gasteiger partial charge in [-0.05, 0) is 51.4 Å². The molecule has 0 bridgehead atoms. The number of rotatable bonds is 3. The van der Waals surface area contributed by atoms with E-state index in [9.17, 15) is 0 Å². The first-order valence-corrected chi connectivity index (χ1v) is 6.18. The summed E-state index contributed by atoms with van der Waals surface area (Å²) in [6.45, 7) is 7.82. The van der Waals surface area contributed by atoms with Crippen molar-refractivity contribution in [2.24, 2.45) is 0 Å². The molecule has 1 heterocycles. The highest BCUT2D eigenvalue weighted by Gasteiger charge is 2.27. The van der Waals surface area contributed by atoms with Crippen molar-refractivity contribution >= 4 is 5.69 Å². The number of nitrogens with zero attached hydrogens (tertiary/aromatic N) is 1. The monoisotopic (exact) mass is 218 g/mol. The summed E-state index contributed by atoms with van der Waals surface area (Å²) in [6, 6.07) is 8.10. The fourth-order valence-corrected chi connectivity index (χ4v) is 2.81. The molecule has 0 aromatic heterocycles. The fraction of sp³-hybridized carbons (Fsp3) is 0.571. The largest absolute Gasteiger partial charge is 0.366 e. The van der Waals surface area contributed by atoms with Gasteiger partial charge in [-0.3, -0.25) is 0 Å². The molecule has 2 nitrogen and oxygen atoms in total. The van der Waals surface area contributed by atoms with Crippen LogP contribution in [0.3, 0.4) is 0 Å². The van der Waals surface area contributed by atoms with Crippen molar-refractivity contribution in [3.63, 3.8) is 0 Å². The van der Waals surface area contributed by atoms with Crippen LogP contribution in [0.5, 0.6) is 0 Å². The van der Waals surface area contributed by atoms with Crippen molar-refractivity contribution in [1.82, 2.24) is 5.32 Å². The second-order valence-corrected chi connectivity index (χ2v) is 5.05. The molecule has 0 aliphatic carbocycles. The Balaban J connectivity index is 2.31. The highest BCUT2D eigenvalue weighted by molar-refractivity contribution is 5.61. The molecular weight excluding hydrogens is 196 g/mol. The lowest BCUT2D eigenvalue weighted by Crippen LogP contribution is -2.35. The molecule has 1 aliphatic rings. The number of hydrogen-bond acceptors (Lipinski definition) is 2. The van der Waals surface area contributed by atoms with E-state index in [1.165, 1.54) is 23.2 Å². The predicted molar refractivity (Wildman–Crippen MR) is 70.0 cm³/mol. The zero-order valence-corrected chi connectivity index (χ0v) is 10.7. The summed E-state index contributed by atoms with van der Waals surface area (Å²) in [4.78, 5) is 2.53. The van der Waals surface area contributed by atoms with Gasteiger partial charge >= 0.3 is 0 Å². The average Bonchev–Trinajstić information content (AvgIpc) is 2.53. The Kier molecular flexibility index (Phi) is 3.20. The van der Waals surface area contributed by atoms with Gasteiger partial charge in [0.05, 0.1) is 0 Å². The van der Waals surface area contributed by atoms with E-state index in [2.05, 4.69) is 49.2 Å². The molecule has 88 valence electrons. The maximum Gasteiger partial charge on any atom is 0.0404 e. The van der Waals surface area contributed by atoms with Crippen LogP contribution in [0, 0.1) is 0 Å². The summed E-state index contributed by atoms with van der Waals surface area (Å²) < 4.78 is 0. The number of hydrogen-bond donors (Lipinski definition) is 1. The van der Waals surface area contributed by atoms with Crippen molar-refractivity contribution in [2.45, 2.75) is 45.8 Å². The quantitative estimate of drug-likeness (QED) is 0.839. The molecule has 1 atom stereocenters. The minimum absolute atomic E-state index is 0.589. The van der Waals surface area contributed by atoms with E-state index >= 15 is 0 Å². The molecule has 0 radical (unpaired) electrons. The molecule has 0 amide bonds. The van der Waals surface area contributed by atoms with Crippen LogP contribution < -0.4 is 10.2 Å². The third-order valence-electron chi connectivity index (χ3n) is 3.35. The lowest BCUT2D eigenvalue weighted by molar-refractivity contribution is 0.606. The first kappa shape index (κ1) is 11.5. The fourth-order valence-electron chi connectivity index (χ4n) is 2.81. The number of anilines is 1. The van der Waals surface area contributed by atoms with Crippen LogP contribution in [0.1, 0.15) is 31.9 Å². The lowest BCUT2D eigenvalue weighted by atomic mass is 10.1. The minimum Gasteiger partial charge on any atom is -0.366 e. The summed E-state index contributed by atoms with van der Waals surface area (Å²) >= 11 is 0. The van der Waals surface area contributed by atoms with Crippen molar-refractivity contribution in [3.05, 3.63) is 29.3 Å². The summed E-state index contributed by atoms with van der Waals surface area (Å²) in [6.07, 6.45) is 1.19. The zero-order valence-electron chi connectivity index (χ0n) is 10.7. The Morgan fingerprint density at radius 3 is 2.81 bits per heavy atom. The maximum absolute atomic E-state index is 3.21. The maximum atomic E-state index is 3.21. The Morgan fingerprint density at radius 1 is 1.44 bits per heavy atom. The Morgan fingerprint density at radius 2 is 2.19 bits per heavy atom. The summed E-state index contributed by atoms with van der Waals surface area (Å²) in [7, 11) is 2.00. The van der Waals surface area contributed by atoms with E-state index in [1.807, 2.05) is 7.05 Å². The molecule has 1 N–H and O–H groups in total. The number of benzene rings is 1. The zero-order chi connectivity index (χ0) is 11.7. The molecule has 1 aromatic rings. The SMILES string of the molecule is CNCc1ccc2c(c1)CC(C)N2C(C)C. The average molecular weight is 218 g/mol. The van der Waals surface area contributed by atoms with Gasteiger partial charge in [0.2, 0.25) is 0 Å². The summed E-state index contributed by atoms with van der Waals surface area (Å²) in [5.74, 6) is 0. The standard InChI is InChI=1S/C14H22N2/c1-10(2)16-11(3)7-13-8-12(9-15-4)5-6-14(13)16/h5-6,8,10-11,15H,7,9H2,1-4H3. The van der Waals surface area contributed by atoms with Crippen molar-refractivity contribution < 1.29 is 0 Å². The van der Waals surface area contributed by atoms with Gasteiger partial charge in [0.25, 0.3) is 0 Å². The van der Waals surface area contributed by atoms with E-state index in [0.717, 1.165) is 6.54 Å². The number of fused-ring (bicyclic) bond motifs is 1. The van der Waals surface area contributed by atoms with Crippen LogP contribution in [-0.2, 0) is 13.0 Å². The molecule has 0 saturated carbocycles. The molecule has 1 aliphatic heterocycles. The summed E-state index contributed by atoms with van der Waals surface area (Å²) in [5, 5.41) is 3.21. The molecule has 2 heteroatoms. The first-order chi connectivity index (χ1) is 7.63. The van der Waals surface area contributed by atoms with Crippen LogP contribution in [0.25, 0.3) is 0 Å². The van der Waals surface area contributed by atoms with Crippen LogP contribution in [-0.4, -0.2) is 19.1 Å². The van der Waals surface area contributed by atoms with Gasteiger partial charge in [-0.25, -0.2) is 0 Å². The van der Waals surface area contributed by atoms with Gasteiger partial charge in [-0.1, -0.05) is 12.1 Å². The third-order valence-corrected chi connectivity index (χ3v) is 3.35. The molecule has 0 fully saturated rings. The molecule has 1 aromatic carbocycles. The normalized spacial score (nSPS) is 19.3. The van der Waals surface area contributed by atoms with Crippen LogP contribution in [0.4, 0.5) is 5.69 Å². The van der Waals surface area contributed by atoms with Gasteiger partial charge in [0, 0.05) is 24.3 Å². The van der Waals surface area contributed by atoms with E-state index < -0.39 is 0 Å². The van der Waals surface area contributed by atoms with Gasteiger partial charge in [-0.15, -0.1) is 0 Å². The van der Waals surface area contributed by atoms with Crippen LogP contribution in [0.15, 0.2) is 18.2 Å². The lowest BCUT2D eigenvalue weighted by Gasteiger charge is -2.29. The Labute approximate surface area is 98.7 Å². The highest BCUT2D eigenvalue weighted by Crippen LogP contribution is 2.34. The van der Waals surface area contributed by atoms with E-state index in [-0.39, 0.29) is 0 Å². The number of nitrogens with one attached hydrogen (secondary N) is 1.